The molecule has 126 valence electrons. The highest BCUT2D eigenvalue weighted by atomic mass is 14.9. The lowest BCUT2D eigenvalue weighted by atomic mass is 10.0. The summed E-state index contributed by atoms with van der Waals surface area (Å²) in [6.45, 7) is 7.09. The fourth-order valence-corrected chi connectivity index (χ4v) is 3.42. The van der Waals surface area contributed by atoms with E-state index in [0.717, 1.165) is 6.04 Å². The van der Waals surface area contributed by atoms with E-state index in [1.807, 2.05) is 0 Å². The van der Waals surface area contributed by atoms with Crippen molar-refractivity contribution in [1.29, 1.82) is 0 Å². The topological polar surface area (TPSA) is 24.1 Å². The number of nitrogens with one attached hydrogen (secondary N) is 2. The minimum absolute atomic E-state index is 0.671. The van der Waals surface area contributed by atoms with Crippen LogP contribution in [0.4, 0.5) is 0 Å². The molecule has 0 spiro atoms. The summed E-state index contributed by atoms with van der Waals surface area (Å²) >= 11 is 0. The second-order valence-electron chi connectivity index (χ2n) is 7.07. The molecule has 1 rings (SSSR count). The van der Waals surface area contributed by atoms with Crippen LogP contribution >= 0.6 is 0 Å². The molecule has 0 aromatic heterocycles. The van der Waals surface area contributed by atoms with Crippen LogP contribution < -0.4 is 10.6 Å². The average molecular weight is 297 g/mol. The summed E-state index contributed by atoms with van der Waals surface area (Å²) in [6, 6.07) is 1.43. The van der Waals surface area contributed by atoms with Crippen LogP contribution in [0.15, 0.2) is 0 Å². The predicted molar refractivity (Wildman–Crippen MR) is 95.0 cm³/mol. The Morgan fingerprint density at radius 2 is 1.67 bits per heavy atom. The SMILES string of the molecule is CCCCCCCCCCNC(C)CC1CCCCCN1. The summed E-state index contributed by atoms with van der Waals surface area (Å²) in [4.78, 5) is 0. The Morgan fingerprint density at radius 1 is 0.952 bits per heavy atom. The molecular weight excluding hydrogens is 256 g/mol. The molecule has 2 unspecified atom stereocenters. The summed E-state index contributed by atoms with van der Waals surface area (Å²) in [5.74, 6) is 0. The maximum absolute atomic E-state index is 3.72. The fourth-order valence-electron chi connectivity index (χ4n) is 3.42. The maximum Gasteiger partial charge on any atom is 0.00817 e. The molecule has 2 N–H and O–H groups in total. The van der Waals surface area contributed by atoms with Crippen LogP contribution in [0.2, 0.25) is 0 Å². The van der Waals surface area contributed by atoms with Gasteiger partial charge in [0.1, 0.15) is 0 Å². The van der Waals surface area contributed by atoms with Gasteiger partial charge >= 0.3 is 0 Å². The second-order valence-corrected chi connectivity index (χ2v) is 7.07. The molecule has 21 heavy (non-hydrogen) atoms. The summed E-state index contributed by atoms with van der Waals surface area (Å²) < 4.78 is 0. The number of unbranched alkanes of at least 4 members (excludes halogenated alkanes) is 7. The molecule has 0 amide bonds. The predicted octanol–water partition coefficient (Wildman–Crippen LogP) is 5.03. The molecule has 1 heterocycles. The van der Waals surface area contributed by atoms with Crippen molar-refractivity contribution in [2.24, 2.45) is 0 Å². The van der Waals surface area contributed by atoms with Gasteiger partial charge in [-0.2, -0.15) is 0 Å². The minimum atomic E-state index is 0.671. The zero-order chi connectivity index (χ0) is 15.2. The second kappa shape index (κ2) is 13.6. The molecule has 0 aromatic carbocycles. The van der Waals surface area contributed by atoms with Crippen molar-refractivity contribution in [3.63, 3.8) is 0 Å². The highest BCUT2D eigenvalue weighted by Gasteiger charge is 2.14. The van der Waals surface area contributed by atoms with E-state index in [0.29, 0.717) is 6.04 Å². The average Bonchev–Trinajstić information content (AvgIpc) is 2.74. The van der Waals surface area contributed by atoms with Crippen LogP contribution in [0.1, 0.15) is 97.3 Å². The van der Waals surface area contributed by atoms with Crippen LogP contribution in [-0.2, 0) is 0 Å². The molecule has 1 fully saturated rings. The van der Waals surface area contributed by atoms with Gasteiger partial charge in [0.05, 0.1) is 0 Å². The molecule has 1 saturated heterocycles. The summed E-state index contributed by atoms with van der Waals surface area (Å²) in [6.07, 6.45) is 18.2. The van der Waals surface area contributed by atoms with Gasteiger partial charge in [-0.25, -0.2) is 0 Å². The van der Waals surface area contributed by atoms with Gasteiger partial charge < -0.3 is 10.6 Å². The van der Waals surface area contributed by atoms with Gasteiger partial charge in [0.2, 0.25) is 0 Å². The highest BCUT2D eigenvalue weighted by molar-refractivity contribution is 4.75. The first-order valence-electron chi connectivity index (χ1n) is 9.79. The molecule has 2 heteroatoms. The van der Waals surface area contributed by atoms with Crippen LogP contribution in [-0.4, -0.2) is 25.2 Å². The van der Waals surface area contributed by atoms with E-state index in [4.69, 9.17) is 0 Å². The Bertz CT molecular complexity index is 210. The van der Waals surface area contributed by atoms with E-state index in [1.165, 1.54) is 96.6 Å². The molecule has 2 nitrogen and oxygen atoms in total. The zero-order valence-corrected chi connectivity index (χ0v) is 14.8. The van der Waals surface area contributed by atoms with E-state index in [2.05, 4.69) is 24.5 Å². The van der Waals surface area contributed by atoms with Gasteiger partial charge in [-0.1, -0.05) is 64.7 Å². The first-order valence-corrected chi connectivity index (χ1v) is 9.79. The first-order chi connectivity index (χ1) is 10.3. The summed E-state index contributed by atoms with van der Waals surface area (Å²) in [5.41, 5.74) is 0. The first kappa shape index (κ1) is 19.0. The van der Waals surface area contributed by atoms with Gasteiger partial charge in [-0.05, 0) is 45.7 Å². The van der Waals surface area contributed by atoms with Crippen molar-refractivity contribution in [2.75, 3.05) is 13.1 Å². The quantitative estimate of drug-likeness (QED) is 0.494. The number of hydrogen-bond donors (Lipinski definition) is 2. The lowest BCUT2D eigenvalue weighted by molar-refractivity contribution is 0.399. The molecular formula is C19H40N2. The monoisotopic (exact) mass is 296 g/mol. The molecule has 1 aliphatic heterocycles. The molecule has 0 radical (unpaired) electrons. The Labute approximate surface area is 133 Å². The number of rotatable bonds is 12. The Morgan fingerprint density at radius 3 is 2.43 bits per heavy atom. The van der Waals surface area contributed by atoms with Gasteiger partial charge in [0, 0.05) is 12.1 Å². The molecule has 0 aromatic rings. The van der Waals surface area contributed by atoms with Gasteiger partial charge in [-0.15, -0.1) is 0 Å². The van der Waals surface area contributed by atoms with E-state index in [1.54, 1.807) is 0 Å². The van der Waals surface area contributed by atoms with E-state index >= 15 is 0 Å². The van der Waals surface area contributed by atoms with Crippen molar-refractivity contribution in [3.05, 3.63) is 0 Å². The molecule has 1 aliphatic rings. The molecule has 2 atom stereocenters. The molecule has 0 bridgehead atoms. The molecule has 0 saturated carbocycles. The normalized spacial score (nSPS) is 21.1. The van der Waals surface area contributed by atoms with Crippen molar-refractivity contribution in [3.8, 4) is 0 Å². The van der Waals surface area contributed by atoms with Gasteiger partial charge in [0.25, 0.3) is 0 Å². The largest absolute Gasteiger partial charge is 0.314 e. The Balaban J connectivity index is 1.87. The van der Waals surface area contributed by atoms with E-state index in [9.17, 15) is 0 Å². The van der Waals surface area contributed by atoms with E-state index < -0.39 is 0 Å². The van der Waals surface area contributed by atoms with Gasteiger partial charge in [0.15, 0.2) is 0 Å². The van der Waals surface area contributed by atoms with E-state index in [-0.39, 0.29) is 0 Å². The van der Waals surface area contributed by atoms with Crippen molar-refractivity contribution < 1.29 is 0 Å². The number of hydrogen-bond acceptors (Lipinski definition) is 2. The van der Waals surface area contributed by atoms with Crippen LogP contribution in [0, 0.1) is 0 Å². The third-order valence-corrected chi connectivity index (χ3v) is 4.82. The van der Waals surface area contributed by atoms with Crippen LogP contribution in [0.25, 0.3) is 0 Å². The lowest BCUT2D eigenvalue weighted by Crippen LogP contribution is -2.37. The standard InChI is InChI=1S/C19H40N2/c1-3-4-5-6-7-8-9-12-15-20-18(2)17-19-14-11-10-13-16-21-19/h18-21H,3-17H2,1-2H3. The highest BCUT2D eigenvalue weighted by Crippen LogP contribution is 2.13. The third kappa shape index (κ3) is 11.2. The van der Waals surface area contributed by atoms with Crippen LogP contribution in [0.3, 0.4) is 0 Å². The summed E-state index contributed by atoms with van der Waals surface area (Å²) in [7, 11) is 0. The smallest absolute Gasteiger partial charge is 0.00817 e. The Kier molecular flexibility index (Phi) is 12.3. The zero-order valence-electron chi connectivity index (χ0n) is 14.8. The van der Waals surface area contributed by atoms with Crippen molar-refractivity contribution >= 4 is 0 Å². The maximum atomic E-state index is 3.72. The fraction of sp³-hybridized carbons (Fsp3) is 1.00. The Hall–Kier alpha value is -0.0800. The molecule has 0 aliphatic carbocycles. The minimum Gasteiger partial charge on any atom is -0.314 e. The van der Waals surface area contributed by atoms with Crippen LogP contribution in [0.5, 0.6) is 0 Å². The lowest BCUT2D eigenvalue weighted by Gasteiger charge is -2.21. The van der Waals surface area contributed by atoms with Gasteiger partial charge in [-0.3, -0.25) is 0 Å². The van der Waals surface area contributed by atoms with Crippen molar-refractivity contribution in [2.45, 2.75) is 109 Å². The third-order valence-electron chi connectivity index (χ3n) is 4.82. The summed E-state index contributed by atoms with van der Waals surface area (Å²) in [5, 5.41) is 7.43. The van der Waals surface area contributed by atoms with Crippen molar-refractivity contribution in [1.82, 2.24) is 10.6 Å².